The number of nitrogens with zero attached hydrogens (tertiary/aromatic N) is 2. The normalized spacial score (nSPS) is 21.0. The third kappa shape index (κ3) is 3.57. The molecule has 0 saturated carbocycles. The van der Waals surface area contributed by atoms with Gasteiger partial charge in [-0.15, -0.1) is 0 Å². The Bertz CT molecular complexity index is 721. The number of aromatic nitrogens is 2. The summed E-state index contributed by atoms with van der Waals surface area (Å²) in [5, 5.41) is 6.91. The lowest BCUT2D eigenvalue weighted by Gasteiger charge is -2.39. The molecule has 2 aliphatic heterocycles. The summed E-state index contributed by atoms with van der Waals surface area (Å²) in [6.07, 6.45) is 4.54. The predicted molar refractivity (Wildman–Crippen MR) is 94.1 cm³/mol. The summed E-state index contributed by atoms with van der Waals surface area (Å²) in [6.45, 7) is 4.63. The molecule has 0 aliphatic carbocycles. The molecule has 0 spiro atoms. The number of ether oxygens (including phenoxy) is 2. The van der Waals surface area contributed by atoms with Crippen molar-refractivity contribution in [1.82, 2.24) is 15.1 Å². The van der Waals surface area contributed by atoms with Gasteiger partial charge in [-0.3, -0.25) is 5.10 Å². The van der Waals surface area contributed by atoms with Gasteiger partial charge in [0.25, 0.3) is 0 Å². The zero-order valence-corrected chi connectivity index (χ0v) is 14.3. The van der Waals surface area contributed by atoms with Crippen molar-refractivity contribution in [3.63, 3.8) is 0 Å². The van der Waals surface area contributed by atoms with Crippen LogP contribution in [0.2, 0.25) is 0 Å². The van der Waals surface area contributed by atoms with Gasteiger partial charge in [-0.1, -0.05) is 0 Å². The standard InChI is InChI=1S/C18H25FN4O2/c19-15-9-14(10-16-17(15)18(20)22-21-16)25-11-12-1-5-23(6-2-12)13-3-7-24-8-4-13/h9-10,12-13H,1-8,11H2,(H3,20,21,22). The number of benzene rings is 1. The maximum absolute atomic E-state index is 14.1. The molecule has 1 aromatic carbocycles. The van der Waals surface area contributed by atoms with Gasteiger partial charge < -0.3 is 20.1 Å². The smallest absolute Gasteiger partial charge is 0.156 e. The number of likely N-dealkylation sites (tertiary alicyclic amines) is 1. The molecule has 2 saturated heterocycles. The van der Waals surface area contributed by atoms with Crippen LogP contribution in [0.1, 0.15) is 25.7 Å². The van der Waals surface area contributed by atoms with Gasteiger partial charge in [0.05, 0.1) is 17.5 Å². The molecule has 0 unspecified atom stereocenters. The second kappa shape index (κ2) is 7.17. The summed E-state index contributed by atoms with van der Waals surface area (Å²) in [7, 11) is 0. The minimum absolute atomic E-state index is 0.180. The molecule has 0 atom stereocenters. The monoisotopic (exact) mass is 348 g/mol. The molecule has 25 heavy (non-hydrogen) atoms. The molecule has 1 aromatic heterocycles. The maximum Gasteiger partial charge on any atom is 0.156 e. The Labute approximate surface area is 146 Å². The molecule has 0 bridgehead atoms. The molecule has 7 heteroatoms. The third-order valence-corrected chi connectivity index (χ3v) is 5.46. The Morgan fingerprint density at radius 3 is 2.76 bits per heavy atom. The van der Waals surface area contributed by atoms with E-state index in [-0.39, 0.29) is 5.82 Å². The molecule has 6 nitrogen and oxygen atoms in total. The third-order valence-electron chi connectivity index (χ3n) is 5.46. The number of rotatable bonds is 4. The van der Waals surface area contributed by atoms with Crippen molar-refractivity contribution in [3.05, 3.63) is 17.9 Å². The lowest BCUT2D eigenvalue weighted by atomic mass is 9.95. The number of H-pyrrole nitrogens is 1. The molecule has 3 N–H and O–H groups in total. The van der Waals surface area contributed by atoms with E-state index in [9.17, 15) is 4.39 Å². The van der Waals surface area contributed by atoms with E-state index in [4.69, 9.17) is 15.2 Å². The van der Waals surface area contributed by atoms with Crippen LogP contribution < -0.4 is 10.5 Å². The highest BCUT2D eigenvalue weighted by atomic mass is 19.1. The first kappa shape index (κ1) is 16.6. The number of hydrogen-bond acceptors (Lipinski definition) is 5. The summed E-state index contributed by atoms with van der Waals surface area (Å²) in [4.78, 5) is 2.60. The highest BCUT2D eigenvalue weighted by molar-refractivity contribution is 5.90. The second-order valence-electron chi connectivity index (χ2n) is 7.07. The van der Waals surface area contributed by atoms with Crippen LogP contribution in [0.5, 0.6) is 5.75 Å². The first-order valence-electron chi connectivity index (χ1n) is 9.08. The number of hydrogen-bond donors (Lipinski definition) is 2. The quantitative estimate of drug-likeness (QED) is 0.888. The van der Waals surface area contributed by atoms with E-state index >= 15 is 0 Å². The molecule has 3 heterocycles. The van der Waals surface area contributed by atoms with E-state index < -0.39 is 5.82 Å². The van der Waals surface area contributed by atoms with Gasteiger partial charge in [0.15, 0.2) is 5.82 Å². The summed E-state index contributed by atoms with van der Waals surface area (Å²) in [5.41, 5.74) is 6.23. The number of fused-ring (bicyclic) bond motifs is 1. The number of nitrogen functional groups attached to an aromatic ring is 1. The Morgan fingerprint density at radius 1 is 1.24 bits per heavy atom. The first-order chi connectivity index (χ1) is 12.2. The summed E-state index contributed by atoms with van der Waals surface area (Å²) >= 11 is 0. The van der Waals surface area contributed by atoms with Gasteiger partial charge >= 0.3 is 0 Å². The lowest BCUT2D eigenvalue weighted by Crippen LogP contribution is -2.44. The zero-order valence-electron chi connectivity index (χ0n) is 14.3. The van der Waals surface area contributed by atoms with E-state index in [0.29, 0.717) is 35.2 Å². The zero-order chi connectivity index (χ0) is 17.2. The van der Waals surface area contributed by atoms with Crippen molar-refractivity contribution < 1.29 is 13.9 Å². The van der Waals surface area contributed by atoms with Crippen LogP contribution in [0, 0.1) is 11.7 Å². The van der Waals surface area contributed by atoms with Crippen LogP contribution in [-0.4, -0.2) is 54.0 Å². The van der Waals surface area contributed by atoms with Crippen LogP contribution in [0.3, 0.4) is 0 Å². The topological polar surface area (TPSA) is 76.4 Å². The minimum Gasteiger partial charge on any atom is -0.493 e. The van der Waals surface area contributed by atoms with Crippen LogP contribution in [0.15, 0.2) is 12.1 Å². The molecule has 2 fully saturated rings. The van der Waals surface area contributed by atoms with E-state index in [1.807, 2.05) is 0 Å². The molecular formula is C18H25FN4O2. The van der Waals surface area contributed by atoms with Gasteiger partial charge in [-0.2, -0.15) is 5.10 Å². The molecule has 0 radical (unpaired) electrons. The second-order valence-corrected chi connectivity index (χ2v) is 7.07. The largest absolute Gasteiger partial charge is 0.493 e. The lowest BCUT2D eigenvalue weighted by molar-refractivity contribution is 0.0175. The SMILES string of the molecule is Nc1n[nH]c2cc(OCC3CCN(C4CCOCC4)CC3)cc(F)c12. The number of halogens is 1. The van der Waals surface area contributed by atoms with Gasteiger partial charge in [0, 0.05) is 31.4 Å². The highest BCUT2D eigenvalue weighted by Gasteiger charge is 2.26. The van der Waals surface area contributed by atoms with Gasteiger partial charge in [0.2, 0.25) is 0 Å². The van der Waals surface area contributed by atoms with Crippen molar-refractivity contribution in [1.29, 1.82) is 0 Å². The fourth-order valence-electron chi connectivity index (χ4n) is 3.94. The molecule has 4 rings (SSSR count). The van der Waals surface area contributed by atoms with E-state index in [0.717, 1.165) is 52.0 Å². The highest BCUT2D eigenvalue weighted by Crippen LogP contribution is 2.28. The molecular weight excluding hydrogens is 323 g/mol. The molecule has 136 valence electrons. The van der Waals surface area contributed by atoms with Crippen molar-refractivity contribution in [2.45, 2.75) is 31.7 Å². The summed E-state index contributed by atoms with van der Waals surface area (Å²) < 4.78 is 25.4. The fourth-order valence-corrected chi connectivity index (χ4v) is 3.94. The number of anilines is 1. The van der Waals surface area contributed by atoms with Crippen molar-refractivity contribution in [3.8, 4) is 5.75 Å². The van der Waals surface area contributed by atoms with E-state index in [2.05, 4.69) is 15.1 Å². The van der Waals surface area contributed by atoms with Gasteiger partial charge in [-0.05, 0) is 44.7 Å². The Balaban J connectivity index is 1.30. The van der Waals surface area contributed by atoms with Crippen LogP contribution in [0.4, 0.5) is 10.2 Å². The molecule has 2 aliphatic rings. The first-order valence-corrected chi connectivity index (χ1v) is 9.08. The van der Waals surface area contributed by atoms with Gasteiger partial charge in [-0.25, -0.2) is 4.39 Å². The Kier molecular flexibility index (Phi) is 4.76. The van der Waals surface area contributed by atoms with Crippen molar-refractivity contribution >= 4 is 16.7 Å². The van der Waals surface area contributed by atoms with Crippen molar-refractivity contribution in [2.75, 3.05) is 38.6 Å². The van der Waals surface area contributed by atoms with E-state index in [1.54, 1.807) is 6.07 Å². The summed E-state index contributed by atoms with van der Waals surface area (Å²) in [6, 6.07) is 3.84. The predicted octanol–water partition coefficient (Wildman–Crippen LogP) is 2.55. The maximum atomic E-state index is 14.1. The Hall–Kier alpha value is -1.86. The molecule has 2 aromatic rings. The van der Waals surface area contributed by atoms with Crippen LogP contribution >= 0.6 is 0 Å². The number of aromatic amines is 1. The average molecular weight is 348 g/mol. The Morgan fingerprint density at radius 2 is 2.00 bits per heavy atom. The number of piperidine rings is 1. The summed E-state index contributed by atoms with van der Waals surface area (Å²) in [5.74, 6) is 0.829. The average Bonchev–Trinajstić information content (AvgIpc) is 3.02. The number of nitrogens with one attached hydrogen (secondary N) is 1. The minimum atomic E-state index is -0.395. The fraction of sp³-hybridized carbons (Fsp3) is 0.611. The van der Waals surface area contributed by atoms with Gasteiger partial charge in [0.1, 0.15) is 11.6 Å². The van der Waals surface area contributed by atoms with Crippen molar-refractivity contribution in [2.24, 2.45) is 5.92 Å². The molecule has 0 amide bonds. The number of nitrogens with two attached hydrogens (primary N) is 1. The van der Waals surface area contributed by atoms with Crippen LogP contribution in [-0.2, 0) is 4.74 Å². The van der Waals surface area contributed by atoms with E-state index in [1.165, 1.54) is 6.07 Å². The van der Waals surface area contributed by atoms with Crippen LogP contribution in [0.25, 0.3) is 10.9 Å².